The van der Waals surface area contributed by atoms with Crippen LogP contribution in [0.2, 0.25) is 0 Å². The zero-order valence-corrected chi connectivity index (χ0v) is 8.56. The second-order valence-corrected chi connectivity index (χ2v) is 3.49. The van der Waals surface area contributed by atoms with Crippen molar-refractivity contribution < 1.29 is 0 Å². The second-order valence-electron chi connectivity index (χ2n) is 2.41. The lowest BCUT2D eigenvalue weighted by Crippen LogP contribution is -1.78. The summed E-state index contributed by atoms with van der Waals surface area (Å²) < 4.78 is 1.30. The zero-order chi connectivity index (χ0) is 7.66. The van der Waals surface area contributed by atoms with Gasteiger partial charge in [0.1, 0.15) is 0 Å². The molecule has 0 radical (unpaired) electrons. The van der Waals surface area contributed by atoms with E-state index in [9.17, 15) is 0 Å². The molecule has 0 amide bonds. The minimum absolute atomic E-state index is 0.963. The predicted molar refractivity (Wildman–Crippen MR) is 55.4 cm³/mol. The first-order valence-electron chi connectivity index (χ1n) is 3.91. The number of unbranched alkanes of at least 4 members (excludes halogenated alkanes) is 5. The number of halogens is 1. The van der Waals surface area contributed by atoms with Crippen molar-refractivity contribution in [2.24, 2.45) is 0 Å². The van der Waals surface area contributed by atoms with Crippen molar-refractivity contribution in [1.29, 1.82) is 0 Å². The molecule has 0 nitrogen and oxygen atoms in total. The molecule has 0 fully saturated rings. The standard InChI is InChI=1S/C9H15I/c1-2-3-4-5-6-7-8-9-10/h1H,3-9H2. The SMILES string of the molecule is C#CCCCCCCCI. The summed E-state index contributed by atoms with van der Waals surface area (Å²) in [6, 6.07) is 0. The number of hydrogen-bond donors (Lipinski definition) is 0. The van der Waals surface area contributed by atoms with Gasteiger partial charge in [-0.05, 0) is 17.3 Å². The normalized spacial score (nSPS) is 9.20. The van der Waals surface area contributed by atoms with Gasteiger partial charge in [0, 0.05) is 6.42 Å². The third-order valence-corrected chi connectivity index (χ3v) is 2.22. The van der Waals surface area contributed by atoms with Gasteiger partial charge in [0.2, 0.25) is 0 Å². The Hall–Kier alpha value is 0.290. The van der Waals surface area contributed by atoms with E-state index < -0.39 is 0 Å². The van der Waals surface area contributed by atoms with Crippen LogP contribution in [0.4, 0.5) is 0 Å². The average Bonchev–Trinajstić information content (AvgIpc) is 1.97. The summed E-state index contributed by atoms with van der Waals surface area (Å²) in [6.07, 6.45) is 12.7. The van der Waals surface area contributed by atoms with Gasteiger partial charge in [-0.2, -0.15) is 0 Å². The fourth-order valence-electron chi connectivity index (χ4n) is 0.852. The van der Waals surface area contributed by atoms with Crippen molar-refractivity contribution in [3.05, 3.63) is 0 Å². The molecule has 0 aromatic carbocycles. The van der Waals surface area contributed by atoms with Gasteiger partial charge in [-0.15, -0.1) is 12.3 Å². The number of hydrogen-bond acceptors (Lipinski definition) is 0. The van der Waals surface area contributed by atoms with Crippen molar-refractivity contribution in [3.8, 4) is 12.3 Å². The Labute approximate surface area is 77.9 Å². The molecular formula is C9H15I. The number of rotatable bonds is 6. The summed E-state index contributed by atoms with van der Waals surface area (Å²) in [5.74, 6) is 2.66. The molecule has 10 heavy (non-hydrogen) atoms. The third kappa shape index (κ3) is 8.29. The van der Waals surface area contributed by atoms with Gasteiger partial charge in [-0.25, -0.2) is 0 Å². The summed E-state index contributed by atoms with van der Waals surface area (Å²) in [6.45, 7) is 0. The summed E-state index contributed by atoms with van der Waals surface area (Å²) in [5.41, 5.74) is 0. The summed E-state index contributed by atoms with van der Waals surface area (Å²) in [7, 11) is 0. The van der Waals surface area contributed by atoms with Gasteiger partial charge in [-0.3, -0.25) is 0 Å². The van der Waals surface area contributed by atoms with Gasteiger partial charge in [-0.1, -0.05) is 41.9 Å². The Bertz CT molecular complexity index is 91.4. The van der Waals surface area contributed by atoms with Gasteiger partial charge in [0.05, 0.1) is 0 Å². The highest BCUT2D eigenvalue weighted by atomic mass is 127. The molecule has 0 aliphatic heterocycles. The quantitative estimate of drug-likeness (QED) is 0.293. The van der Waals surface area contributed by atoms with Crippen molar-refractivity contribution in [2.45, 2.75) is 38.5 Å². The average molecular weight is 250 g/mol. The van der Waals surface area contributed by atoms with Crippen molar-refractivity contribution in [2.75, 3.05) is 4.43 Å². The van der Waals surface area contributed by atoms with Gasteiger partial charge >= 0.3 is 0 Å². The van der Waals surface area contributed by atoms with Crippen LogP contribution in [0.25, 0.3) is 0 Å². The Morgan fingerprint density at radius 2 is 1.60 bits per heavy atom. The van der Waals surface area contributed by atoms with Crippen LogP contribution in [0, 0.1) is 12.3 Å². The summed E-state index contributed by atoms with van der Waals surface area (Å²) in [4.78, 5) is 0. The lowest BCUT2D eigenvalue weighted by molar-refractivity contribution is 0.646. The van der Waals surface area contributed by atoms with E-state index in [1.165, 1.54) is 36.5 Å². The molecule has 58 valence electrons. The first-order chi connectivity index (χ1) is 4.91. The van der Waals surface area contributed by atoms with Crippen molar-refractivity contribution in [1.82, 2.24) is 0 Å². The molecule has 0 atom stereocenters. The van der Waals surface area contributed by atoms with Crippen LogP contribution in [-0.2, 0) is 0 Å². The van der Waals surface area contributed by atoms with E-state index in [2.05, 4.69) is 28.5 Å². The maximum absolute atomic E-state index is 5.12. The van der Waals surface area contributed by atoms with E-state index in [1.54, 1.807) is 0 Å². The van der Waals surface area contributed by atoms with Gasteiger partial charge in [0.15, 0.2) is 0 Å². The monoisotopic (exact) mass is 250 g/mol. The molecule has 0 aromatic rings. The van der Waals surface area contributed by atoms with Crippen molar-refractivity contribution in [3.63, 3.8) is 0 Å². The Kier molecular flexibility index (Phi) is 9.56. The van der Waals surface area contributed by atoms with Crippen LogP contribution in [0.5, 0.6) is 0 Å². The van der Waals surface area contributed by atoms with Crippen LogP contribution < -0.4 is 0 Å². The van der Waals surface area contributed by atoms with Crippen LogP contribution >= 0.6 is 22.6 Å². The Morgan fingerprint density at radius 3 is 2.20 bits per heavy atom. The smallest absolute Gasteiger partial charge is 0.00860 e. The summed E-state index contributed by atoms with van der Waals surface area (Å²) >= 11 is 2.42. The maximum atomic E-state index is 5.12. The fraction of sp³-hybridized carbons (Fsp3) is 0.778. The van der Waals surface area contributed by atoms with Crippen LogP contribution in [0.15, 0.2) is 0 Å². The lowest BCUT2D eigenvalue weighted by Gasteiger charge is -1.95. The number of terminal acetylenes is 1. The van der Waals surface area contributed by atoms with Crippen LogP contribution in [0.3, 0.4) is 0 Å². The molecule has 0 N–H and O–H groups in total. The molecule has 0 saturated heterocycles. The van der Waals surface area contributed by atoms with E-state index in [-0.39, 0.29) is 0 Å². The lowest BCUT2D eigenvalue weighted by atomic mass is 10.1. The topological polar surface area (TPSA) is 0 Å². The summed E-state index contributed by atoms with van der Waals surface area (Å²) in [5, 5.41) is 0. The molecule has 0 saturated carbocycles. The van der Waals surface area contributed by atoms with E-state index in [1.807, 2.05) is 0 Å². The van der Waals surface area contributed by atoms with E-state index in [4.69, 9.17) is 6.42 Å². The largest absolute Gasteiger partial charge is 0.120 e. The predicted octanol–water partition coefficient (Wildman–Crippen LogP) is 3.40. The van der Waals surface area contributed by atoms with Gasteiger partial charge < -0.3 is 0 Å². The highest BCUT2D eigenvalue weighted by Crippen LogP contribution is 2.05. The highest BCUT2D eigenvalue weighted by Gasteiger charge is 1.87. The van der Waals surface area contributed by atoms with Crippen LogP contribution in [-0.4, -0.2) is 4.43 Å². The minimum atomic E-state index is 0.963. The highest BCUT2D eigenvalue weighted by molar-refractivity contribution is 14.1. The molecule has 0 aliphatic rings. The fourth-order valence-corrected chi connectivity index (χ4v) is 1.39. The third-order valence-electron chi connectivity index (χ3n) is 1.45. The molecule has 1 heteroatoms. The second kappa shape index (κ2) is 9.29. The molecule has 0 unspecified atom stereocenters. The maximum Gasteiger partial charge on any atom is 0.00860 e. The molecule has 0 aromatic heterocycles. The molecule has 0 bridgehead atoms. The first-order valence-corrected chi connectivity index (χ1v) is 5.44. The zero-order valence-electron chi connectivity index (χ0n) is 6.41. The van der Waals surface area contributed by atoms with E-state index >= 15 is 0 Å². The Balaban J connectivity index is 2.72. The van der Waals surface area contributed by atoms with Crippen LogP contribution in [0.1, 0.15) is 38.5 Å². The molecule has 0 heterocycles. The number of alkyl halides is 1. The molecule has 0 aliphatic carbocycles. The molecule has 0 spiro atoms. The first kappa shape index (κ1) is 10.3. The molecular weight excluding hydrogens is 235 g/mol. The van der Waals surface area contributed by atoms with E-state index in [0.29, 0.717) is 0 Å². The van der Waals surface area contributed by atoms with E-state index in [0.717, 1.165) is 6.42 Å². The molecule has 0 rings (SSSR count). The Morgan fingerprint density at radius 1 is 1.00 bits per heavy atom. The van der Waals surface area contributed by atoms with Gasteiger partial charge in [0.25, 0.3) is 0 Å². The minimum Gasteiger partial charge on any atom is -0.120 e. The van der Waals surface area contributed by atoms with Crippen molar-refractivity contribution >= 4 is 22.6 Å².